The molecule has 0 aromatic heterocycles. The first-order valence-electron chi connectivity index (χ1n) is 12.6. The first-order valence-corrected chi connectivity index (χ1v) is 12.6. The van der Waals surface area contributed by atoms with Gasteiger partial charge in [-0.15, -0.1) is 0 Å². The third-order valence-corrected chi connectivity index (χ3v) is 7.55. The number of rotatable bonds is 9. The van der Waals surface area contributed by atoms with Gasteiger partial charge in [0.15, 0.2) is 0 Å². The lowest BCUT2D eigenvalue weighted by Gasteiger charge is -2.39. The maximum Gasteiger partial charge on any atom is 0.243 e. The second-order valence-corrected chi connectivity index (χ2v) is 9.82. The molecule has 2 fully saturated rings. The van der Waals surface area contributed by atoms with E-state index in [0.717, 1.165) is 56.9 Å². The highest BCUT2D eigenvalue weighted by Gasteiger charge is 2.30. The van der Waals surface area contributed by atoms with Gasteiger partial charge >= 0.3 is 0 Å². The fraction of sp³-hybridized carbons (Fsp3) is 0.692. The second-order valence-electron chi connectivity index (χ2n) is 9.82. The van der Waals surface area contributed by atoms with E-state index in [9.17, 15) is 9.59 Å². The summed E-state index contributed by atoms with van der Waals surface area (Å²) in [5.41, 5.74) is 1.92. The highest BCUT2D eigenvalue weighted by molar-refractivity contribution is 5.95. The number of piperazine rings is 1. The minimum absolute atomic E-state index is 0.00194. The van der Waals surface area contributed by atoms with Crippen LogP contribution in [0.25, 0.3) is 0 Å². The minimum Gasteiger partial charge on any atom is -0.335 e. The number of amides is 2. The number of carbonyl (C=O) groups excluding carboxylic acids is 2. The molecule has 0 spiro atoms. The second kappa shape index (κ2) is 12.0. The van der Waals surface area contributed by atoms with Crippen LogP contribution in [0.15, 0.2) is 24.3 Å². The Balaban J connectivity index is 1.41. The van der Waals surface area contributed by atoms with Crippen LogP contribution in [0.2, 0.25) is 0 Å². The van der Waals surface area contributed by atoms with E-state index in [-0.39, 0.29) is 24.4 Å². The molecule has 7 nitrogen and oxygen atoms in total. The van der Waals surface area contributed by atoms with Gasteiger partial charge in [0, 0.05) is 64.1 Å². The molecular weight excluding hydrogens is 414 g/mol. The van der Waals surface area contributed by atoms with Gasteiger partial charge in [0.05, 0.1) is 12.6 Å². The molecule has 184 valence electrons. The lowest BCUT2D eigenvalue weighted by atomic mass is 10.1. The summed E-state index contributed by atoms with van der Waals surface area (Å²) in [5, 5.41) is 2.96. The number of para-hydroxylation sites is 1. The van der Waals surface area contributed by atoms with Crippen LogP contribution in [0.1, 0.15) is 46.1 Å². The van der Waals surface area contributed by atoms with Crippen molar-refractivity contribution in [1.29, 1.82) is 0 Å². The minimum atomic E-state index is -0.216. The first-order chi connectivity index (χ1) is 15.8. The molecule has 3 atom stereocenters. The fourth-order valence-electron chi connectivity index (χ4n) is 5.23. The number of nitrogens with one attached hydrogen (secondary N) is 1. The molecule has 3 unspecified atom stereocenters. The number of likely N-dealkylation sites (tertiary alicyclic amines) is 1. The van der Waals surface area contributed by atoms with Crippen LogP contribution in [0.3, 0.4) is 0 Å². The summed E-state index contributed by atoms with van der Waals surface area (Å²) in [5.74, 6) is -0.156. The predicted octanol–water partition coefficient (Wildman–Crippen LogP) is 2.52. The highest BCUT2D eigenvalue weighted by Crippen LogP contribution is 2.23. The van der Waals surface area contributed by atoms with Crippen molar-refractivity contribution in [3.8, 4) is 0 Å². The SMILES string of the molecule is CCc1ccccc1NC(=O)CN(C)C(=O)C(C)N1CCN(CCN2C(C)CCC2C)CC1. The number of hydrogen-bond acceptors (Lipinski definition) is 5. The van der Waals surface area contributed by atoms with Crippen LogP contribution < -0.4 is 5.32 Å². The number of hydrogen-bond donors (Lipinski definition) is 1. The summed E-state index contributed by atoms with van der Waals surface area (Å²) < 4.78 is 0. The first kappa shape index (κ1) is 25.7. The largest absolute Gasteiger partial charge is 0.335 e. The van der Waals surface area contributed by atoms with Crippen molar-refractivity contribution in [2.45, 2.75) is 65.1 Å². The van der Waals surface area contributed by atoms with Crippen molar-refractivity contribution < 1.29 is 9.59 Å². The zero-order valence-electron chi connectivity index (χ0n) is 21.2. The van der Waals surface area contributed by atoms with Gasteiger partial charge in [0.2, 0.25) is 11.8 Å². The van der Waals surface area contributed by atoms with Gasteiger partial charge in [0.1, 0.15) is 0 Å². The zero-order chi connectivity index (χ0) is 24.0. The molecule has 7 heteroatoms. The topological polar surface area (TPSA) is 59.1 Å². The molecule has 33 heavy (non-hydrogen) atoms. The molecule has 2 heterocycles. The molecule has 0 aliphatic carbocycles. The number of likely N-dealkylation sites (N-methyl/N-ethyl adjacent to an activating group) is 1. The van der Waals surface area contributed by atoms with Gasteiger partial charge in [0.25, 0.3) is 0 Å². The molecule has 2 amide bonds. The Labute approximate surface area is 200 Å². The smallest absolute Gasteiger partial charge is 0.243 e. The Morgan fingerprint density at radius 1 is 1.06 bits per heavy atom. The summed E-state index contributed by atoms with van der Waals surface area (Å²) in [6.07, 6.45) is 3.47. The Bertz CT molecular complexity index is 783. The average molecular weight is 458 g/mol. The van der Waals surface area contributed by atoms with Crippen molar-refractivity contribution in [3.63, 3.8) is 0 Å². The lowest BCUT2D eigenvalue weighted by Crippen LogP contribution is -2.55. The van der Waals surface area contributed by atoms with Crippen LogP contribution in [0.4, 0.5) is 5.69 Å². The molecule has 0 bridgehead atoms. The molecule has 2 aliphatic heterocycles. The molecule has 1 N–H and O–H groups in total. The van der Waals surface area contributed by atoms with Gasteiger partial charge in [-0.05, 0) is 51.7 Å². The summed E-state index contributed by atoms with van der Waals surface area (Å²) >= 11 is 0. The van der Waals surface area contributed by atoms with Crippen LogP contribution >= 0.6 is 0 Å². The molecular formula is C26H43N5O2. The Kier molecular flexibility index (Phi) is 9.29. The van der Waals surface area contributed by atoms with E-state index >= 15 is 0 Å². The van der Waals surface area contributed by atoms with Crippen molar-refractivity contribution in [1.82, 2.24) is 19.6 Å². The van der Waals surface area contributed by atoms with Crippen LogP contribution in [-0.4, -0.2) is 102 Å². The number of benzene rings is 1. The van der Waals surface area contributed by atoms with Crippen LogP contribution in [0, 0.1) is 0 Å². The number of aryl methyl sites for hydroxylation is 1. The summed E-state index contributed by atoms with van der Waals surface area (Å²) in [7, 11) is 1.72. The molecule has 3 rings (SSSR count). The van der Waals surface area contributed by atoms with Crippen molar-refractivity contribution in [2.75, 3.05) is 58.2 Å². The Hall–Kier alpha value is -1.96. The Morgan fingerprint density at radius 2 is 1.70 bits per heavy atom. The fourth-order valence-corrected chi connectivity index (χ4v) is 5.23. The third-order valence-electron chi connectivity index (χ3n) is 7.55. The number of carbonyl (C=O) groups is 2. The van der Waals surface area contributed by atoms with Crippen molar-refractivity contribution >= 4 is 17.5 Å². The zero-order valence-corrected chi connectivity index (χ0v) is 21.2. The van der Waals surface area contributed by atoms with E-state index in [2.05, 4.69) is 40.8 Å². The molecule has 2 aliphatic rings. The van der Waals surface area contributed by atoms with E-state index in [1.165, 1.54) is 12.8 Å². The lowest BCUT2D eigenvalue weighted by molar-refractivity contribution is -0.138. The summed E-state index contributed by atoms with van der Waals surface area (Å²) in [4.78, 5) is 34.5. The molecule has 0 saturated carbocycles. The van der Waals surface area contributed by atoms with E-state index in [4.69, 9.17) is 0 Å². The molecule has 1 aromatic rings. The third kappa shape index (κ3) is 6.78. The summed E-state index contributed by atoms with van der Waals surface area (Å²) in [6, 6.07) is 8.98. The van der Waals surface area contributed by atoms with E-state index < -0.39 is 0 Å². The van der Waals surface area contributed by atoms with Gasteiger partial charge in [-0.2, -0.15) is 0 Å². The maximum atomic E-state index is 13.0. The molecule has 2 saturated heterocycles. The predicted molar refractivity (Wildman–Crippen MR) is 134 cm³/mol. The monoisotopic (exact) mass is 457 g/mol. The maximum absolute atomic E-state index is 13.0. The normalized spacial score (nSPS) is 23.4. The van der Waals surface area contributed by atoms with E-state index in [0.29, 0.717) is 12.1 Å². The van der Waals surface area contributed by atoms with Gasteiger partial charge < -0.3 is 10.2 Å². The van der Waals surface area contributed by atoms with Crippen molar-refractivity contribution in [3.05, 3.63) is 29.8 Å². The molecule has 1 aromatic carbocycles. The summed E-state index contributed by atoms with van der Waals surface area (Å²) in [6.45, 7) is 14.8. The van der Waals surface area contributed by atoms with E-state index in [1.807, 2.05) is 31.2 Å². The van der Waals surface area contributed by atoms with Gasteiger partial charge in [-0.3, -0.25) is 24.3 Å². The van der Waals surface area contributed by atoms with Gasteiger partial charge in [-0.1, -0.05) is 25.1 Å². The average Bonchev–Trinajstić information content (AvgIpc) is 3.14. The van der Waals surface area contributed by atoms with Crippen LogP contribution in [0.5, 0.6) is 0 Å². The quantitative estimate of drug-likeness (QED) is 0.618. The van der Waals surface area contributed by atoms with Crippen molar-refractivity contribution in [2.24, 2.45) is 0 Å². The Morgan fingerprint density at radius 3 is 2.33 bits per heavy atom. The number of nitrogens with zero attached hydrogens (tertiary/aromatic N) is 4. The molecule has 0 radical (unpaired) electrons. The van der Waals surface area contributed by atoms with Crippen LogP contribution in [-0.2, 0) is 16.0 Å². The standard InChI is InChI=1S/C26H43N5O2/c1-6-23-9-7-8-10-24(23)27-25(32)19-28(5)26(33)22(4)30-16-13-29(14-17-30)15-18-31-20(2)11-12-21(31)3/h7-10,20-22H,6,11-19H2,1-5H3,(H,27,32). The van der Waals surface area contributed by atoms with E-state index in [1.54, 1.807) is 11.9 Å². The van der Waals surface area contributed by atoms with Gasteiger partial charge in [-0.25, -0.2) is 0 Å². The number of anilines is 1. The highest BCUT2D eigenvalue weighted by atomic mass is 16.2.